The van der Waals surface area contributed by atoms with Gasteiger partial charge in [-0.3, -0.25) is 5.32 Å². The molecule has 0 atom stereocenters. The third-order valence-electron chi connectivity index (χ3n) is 2.39. The molecule has 2 rings (SSSR count). The van der Waals surface area contributed by atoms with Crippen LogP contribution >= 0.6 is 11.3 Å². The van der Waals surface area contributed by atoms with Crippen molar-refractivity contribution < 1.29 is 14.7 Å². The average molecular weight is 279 g/mol. The van der Waals surface area contributed by atoms with Crippen molar-refractivity contribution in [1.82, 2.24) is 10.3 Å². The summed E-state index contributed by atoms with van der Waals surface area (Å²) >= 11 is 1.24. The quantitative estimate of drug-likeness (QED) is 0.802. The fourth-order valence-electron chi connectivity index (χ4n) is 1.49. The lowest BCUT2D eigenvalue weighted by atomic mass is 10.2. The van der Waals surface area contributed by atoms with Crippen molar-refractivity contribution in [2.45, 2.75) is 13.3 Å². The number of hydrogen-bond acceptors (Lipinski definition) is 4. The summed E-state index contributed by atoms with van der Waals surface area (Å²) in [4.78, 5) is 26.5. The first-order valence-electron chi connectivity index (χ1n) is 5.79. The van der Waals surface area contributed by atoms with E-state index in [-0.39, 0.29) is 11.6 Å². The van der Waals surface area contributed by atoms with Gasteiger partial charge in [-0.15, -0.1) is 0 Å². The van der Waals surface area contributed by atoms with E-state index in [1.165, 1.54) is 17.4 Å². The molecule has 0 aliphatic rings. The van der Waals surface area contributed by atoms with E-state index in [1.807, 2.05) is 6.92 Å². The van der Waals surface area contributed by atoms with Crippen LogP contribution in [0.1, 0.15) is 23.7 Å². The summed E-state index contributed by atoms with van der Waals surface area (Å²) in [7, 11) is 0. The molecule has 3 N–H and O–H groups in total. The zero-order chi connectivity index (χ0) is 13.8. The first-order chi connectivity index (χ1) is 9.10. The van der Waals surface area contributed by atoms with Crippen LogP contribution in [0.25, 0.3) is 10.2 Å². The van der Waals surface area contributed by atoms with Crippen molar-refractivity contribution in [3.8, 4) is 0 Å². The fourth-order valence-corrected chi connectivity index (χ4v) is 2.39. The van der Waals surface area contributed by atoms with Gasteiger partial charge in [0.15, 0.2) is 5.13 Å². The Balaban J connectivity index is 2.17. The Morgan fingerprint density at radius 1 is 1.42 bits per heavy atom. The second-order valence-electron chi connectivity index (χ2n) is 3.89. The zero-order valence-electron chi connectivity index (χ0n) is 10.3. The van der Waals surface area contributed by atoms with Gasteiger partial charge in [0.05, 0.1) is 15.8 Å². The van der Waals surface area contributed by atoms with Gasteiger partial charge in [-0.2, -0.15) is 0 Å². The number of nitrogens with zero attached hydrogens (tertiary/aromatic N) is 1. The lowest BCUT2D eigenvalue weighted by molar-refractivity contribution is 0.0697. The number of benzene rings is 1. The molecule has 0 unspecified atom stereocenters. The summed E-state index contributed by atoms with van der Waals surface area (Å²) in [6, 6.07) is 4.36. The van der Waals surface area contributed by atoms with Crippen LogP contribution < -0.4 is 10.6 Å². The molecule has 0 radical (unpaired) electrons. The minimum atomic E-state index is -0.981. The van der Waals surface area contributed by atoms with Crippen LogP contribution in [-0.4, -0.2) is 28.6 Å². The van der Waals surface area contributed by atoms with E-state index < -0.39 is 5.97 Å². The number of amides is 2. The topological polar surface area (TPSA) is 91.3 Å². The molecule has 6 nitrogen and oxygen atoms in total. The van der Waals surface area contributed by atoms with Gasteiger partial charge < -0.3 is 10.4 Å². The van der Waals surface area contributed by atoms with E-state index in [0.29, 0.717) is 17.2 Å². The van der Waals surface area contributed by atoms with E-state index >= 15 is 0 Å². The summed E-state index contributed by atoms with van der Waals surface area (Å²) in [6.07, 6.45) is 0.856. The molecule has 0 saturated heterocycles. The lowest BCUT2D eigenvalue weighted by Crippen LogP contribution is -2.29. The van der Waals surface area contributed by atoms with Crippen LogP contribution in [0.3, 0.4) is 0 Å². The van der Waals surface area contributed by atoms with Crippen LogP contribution in [0.15, 0.2) is 18.2 Å². The highest BCUT2D eigenvalue weighted by Crippen LogP contribution is 2.26. The van der Waals surface area contributed by atoms with Gasteiger partial charge in [-0.1, -0.05) is 18.3 Å². The molecule has 7 heteroatoms. The Morgan fingerprint density at radius 2 is 2.21 bits per heavy atom. The molecule has 0 fully saturated rings. The molecule has 0 spiro atoms. The maximum absolute atomic E-state index is 11.5. The number of aromatic carboxylic acids is 1. The van der Waals surface area contributed by atoms with Crippen LogP contribution in [0.4, 0.5) is 9.93 Å². The molecule has 19 heavy (non-hydrogen) atoms. The summed E-state index contributed by atoms with van der Waals surface area (Å²) in [5.74, 6) is -0.981. The van der Waals surface area contributed by atoms with Gasteiger partial charge in [-0.05, 0) is 24.6 Å². The Morgan fingerprint density at radius 3 is 2.89 bits per heavy atom. The van der Waals surface area contributed by atoms with Gasteiger partial charge in [-0.25, -0.2) is 14.6 Å². The predicted octanol–water partition coefficient (Wildman–Crippen LogP) is 2.53. The summed E-state index contributed by atoms with van der Waals surface area (Å²) in [6.45, 7) is 2.56. The SMILES string of the molecule is CCCNC(=O)Nc1nc2ccc(C(=O)O)cc2s1. The maximum atomic E-state index is 11.5. The highest BCUT2D eigenvalue weighted by molar-refractivity contribution is 7.22. The number of carbonyl (C=O) groups is 2. The van der Waals surface area contributed by atoms with Crippen molar-refractivity contribution in [3.63, 3.8) is 0 Å². The molecule has 0 bridgehead atoms. The van der Waals surface area contributed by atoms with E-state index in [9.17, 15) is 9.59 Å². The first kappa shape index (κ1) is 13.3. The van der Waals surface area contributed by atoms with Crippen LogP contribution in [-0.2, 0) is 0 Å². The third-order valence-corrected chi connectivity index (χ3v) is 3.33. The Bertz CT molecular complexity index is 624. The Hall–Kier alpha value is -2.15. The maximum Gasteiger partial charge on any atom is 0.335 e. The van der Waals surface area contributed by atoms with E-state index in [1.54, 1.807) is 12.1 Å². The number of anilines is 1. The normalized spacial score (nSPS) is 10.4. The number of hydrogen-bond donors (Lipinski definition) is 3. The molecule has 1 heterocycles. The van der Waals surface area contributed by atoms with Crippen LogP contribution in [0.2, 0.25) is 0 Å². The molecular weight excluding hydrogens is 266 g/mol. The number of thiazole rings is 1. The smallest absolute Gasteiger partial charge is 0.335 e. The number of nitrogens with one attached hydrogen (secondary N) is 2. The zero-order valence-corrected chi connectivity index (χ0v) is 11.1. The monoisotopic (exact) mass is 279 g/mol. The second kappa shape index (κ2) is 5.66. The molecule has 2 amide bonds. The predicted molar refractivity (Wildman–Crippen MR) is 73.9 cm³/mol. The number of carboxylic acid groups (broad SMARTS) is 1. The molecule has 0 saturated carbocycles. The second-order valence-corrected chi connectivity index (χ2v) is 4.92. The van der Waals surface area contributed by atoms with Gasteiger partial charge in [0, 0.05) is 6.54 Å². The molecule has 0 aliphatic carbocycles. The standard InChI is InChI=1S/C12H13N3O3S/c1-2-5-13-11(18)15-12-14-8-4-3-7(10(16)17)6-9(8)19-12/h3-4,6H,2,5H2,1H3,(H,16,17)(H2,13,14,15,18). The van der Waals surface area contributed by atoms with Gasteiger partial charge in [0.25, 0.3) is 0 Å². The largest absolute Gasteiger partial charge is 0.478 e. The van der Waals surface area contributed by atoms with E-state index in [0.717, 1.165) is 11.1 Å². The van der Waals surface area contributed by atoms with Gasteiger partial charge in [0.2, 0.25) is 0 Å². The summed E-state index contributed by atoms with van der Waals surface area (Å²) < 4.78 is 0.727. The van der Waals surface area contributed by atoms with Crippen molar-refractivity contribution in [3.05, 3.63) is 23.8 Å². The number of fused-ring (bicyclic) bond motifs is 1. The fraction of sp³-hybridized carbons (Fsp3) is 0.250. The number of aromatic nitrogens is 1. The molecule has 0 aliphatic heterocycles. The molecular formula is C12H13N3O3S. The first-order valence-corrected chi connectivity index (χ1v) is 6.60. The Kier molecular flexibility index (Phi) is 3.96. The molecule has 100 valence electrons. The minimum Gasteiger partial charge on any atom is -0.478 e. The van der Waals surface area contributed by atoms with Gasteiger partial charge >= 0.3 is 12.0 Å². The molecule has 1 aromatic carbocycles. The van der Waals surface area contributed by atoms with E-state index in [4.69, 9.17) is 5.11 Å². The highest BCUT2D eigenvalue weighted by atomic mass is 32.1. The average Bonchev–Trinajstić information content (AvgIpc) is 2.77. The third kappa shape index (κ3) is 3.19. The van der Waals surface area contributed by atoms with Crippen molar-refractivity contribution in [2.75, 3.05) is 11.9 Å². The summed E-state index contributed by atoms with van der Waals surface area (Å²) in [5.41, 5.74) is 0.874. The Labute approximate surface area is 113 Å². The van der Waals surface area contributed by atoms with Crippen molar-refractivity contribution in [2.24, 2.45) is 0 Å². The van der Waals surface area contributed by atoms with Crippen molar-refractivity contribution >= 4 is 38.7 Å². The molecule has 2 aromatic rings. The number of urea groups is 1. The summed E-state index contributed by atoms with van der Waals surface area (Å²) in [5, 5.41) is 14.7. The number of carboxylic acids is 1. The molecule has 1 aromatic heterocycles. The minimum absolute atomic E-state index is 0.207. The van der Waals surface area contributed by atoms with Crippen LogP contribution in [0.5, 0.6) is 0 Å². The lowest BCUT2D eigenvalue weighted by Gasteiger charge is -2.02. The van der Waals surface area contributed by atoms with Gasteiger partial charge in [0.1, 0.15) is 0 Å². The number of rotatable bonds is 4. The highest BCUT2D eigenvalue weighted by Gasteiger charge is 2.09. The number of carbonyl (C=O) groups excluding carboxylic acids is 1. The van der Waals surface area contributed by atoms with Crippen LogP contribution in [0, 0.1) is 0 Å². The van der Waals surface area contributed by atoms with E-state index in [2.05, 4.69) is 15.6 Å². The van der Waals surface area contributed by atoms with Crippen molar-refractivity contribution in [1.29, 1.82) is 0 Å².